The van der Waals surface area contributed by atoms with Gasteiger partial charge in [0.05, 0.1) is 17.0 Å². The smallest absolute Gasteiger partial charge is 0.308 e. The first-order valence-electron chi connectivity index (χ1n) is 10.4. The Morgan fingerprint density at radius 2 is 1.76 bits per heavy atom. The van der Waals surface area contributed by atoms with Crippen molar-refractivity contribution >= 4 is 35.1 Å². The van der Waals surface area contributed by atoms with Crippen molar-refractivity contribution in [1.29, 1.82) is 0 Å². The number of ether oxygens (including phenoxy) is 1. The maximum absolute atomic E-state index is 13.3. The number of nitro groups is 1. The van der Waals surface area contributed by atoms with Gasteiger partial charge >= 0.3 is 5.97 Å². The van der Waals surface area contributed by atoms with E-state index in [0.717, 1.165) is 4.90 Å². The van der Waals surface area contributed by atoms with Crippen molar-refractivity contribution < 1.29 is 28.8 Å². The Morgan fingerprint density at radius 3 is 2.27 bits per heavy atom. The Balaban J connectivity index is 1.88. The van der Waals surface area contributed by atoms with E-state index in [1.54, 1.807) is 6.92 Å². The quantitative estimate of drug-likeness (QED) is 0.207. The van der Waals surface area contributed by atoms with Crippen molar-refractivity contribution in [3.8, 4) is 5.75 Å². The minimum absolute atomic E-state index is 0.155. The Hall–Kier alpha value is -4.08. The fourth-order valence-corrected chi connectivity index (χ4v) is 3.65. The van der Waals surface area contributed by atoms with E-state index in [0.29, 0.717) is 12.1 Å². The summed E-state index contributed by atoms with van der Waals surface area (Å²) in [6.45, 7) is 4.89. The molecule has 0 aliphatic carbocycles. The van der Waals surface area contributed by atoms with E-state index in [1.807, 2.05) is 6.92 Å². The molecule has 1 heterocycles. The molecule has 0 bridgehead atoms. The molecule has 3 rings (SSSR count). The zero-order valence-electron chi connectivity index (χ0n) is 18.4. The topological polar surface area (TPSA) is 127 Å². The number of imide groups is 1. The summed E-state index contributed by atoms with van der Waals surface area (Å²) in [5, 5.41) is 10.9. The third-order valence-corrected chi connectivity index (χ3v) is 5.44. The summed E-state index contributed by atoms with van der Waals surface area (Å²) in [6, 6.07) is 9.67. The number of esters is 1. The van der Waals surface area contributed by atoms with E-state index in [1.165, 1.54) is 60.4 Å². The molecule has 2 atom stereocenters. The van der Waals surface area contributed by atoms with Crippen LogP contribution in [0.15, 0.2) is 48.5 Å². The number of rotatable bonds is 7. The minimum Gasteiger partial charge on any atom is -0.427 e. The van der Waals surface area contributed by atoms with Gasteiger partial charge in [-0.15, -0.1) is 0 Å². The Morgan fingerprint density at radius 1 is 1.15 bits per heavy atom. The Bertz CT molecular complexity index is 1100. The molecule has 0 N–H and O–H groups in total. The predicted octanol–water partition coefficient (Wildman–Crippen LogP) is 3.09. The minimum atomic E-state index is -1.01. The van der Waals surface area contributed by atoms with Crippen LogP contribution in [0.2, 0.25) is 0 Å². The van der Waals surface area contributed by atoms with Gasteiger partial charge in [-0.3, -0.25) is 29.3 Å². The second kappa shape index (κ2) is 9.60. The number of nitro benzene ring substituents is 1. The lowest BCUT2D eigenvalue weighted by molar-refractivity contribution is -0.384. The van der Waals surface area contributed by atoms with Crippen molar-refractivity contribution in [2.24, 2.45) is 0 Å². The molecule has 10 nitrogen and oxygen atoms in total. The number of benzene rings is 2. The van der Waals surface area contributed by atoms with Gasteiger partial charge in [-0.1, -0.05) is 6.92 Å². The monoisotopic (exact) mass is 453 g/mol. The molecule has 3 amide bonds. The summed E-state index contributed by atoms with van der Waals surface area (Å²) in [5.74, 6) is -1.72. The molecule has 1 fully saturated rings. The van der Waals surface area contributed by atoms with Crippen LogP contribution >= 0.6 is 0 Å². The second-order valence-electron chi connectivity index (χ2n) is 7.65. The first kappa shape index (κ1) is 23.6. The Labute approximate surface area is 189 Å². The molecule has 0 radical (unpaired) electrons. The van der Waals surface area contributed by atoms with Crippen molar-refractivity contribution in [1.82, 2.24) is 4.90 Å². The molecule has 1 saturated heterocycles. The van der Waals surface area contributed by atoms with E-state index in [4.69, 9.17) is 4.74 Å². The molecular formula is C23H23N3O7. The summed E-state index contributed by atoms with van der Waals surface area (Å²) in [5.41, 5.74) is 0.331. The van der Waals surface area contributed by atoms with Gasteiger partial charge in [0, 0.05) is 30.7 Å². The summed E-state index contributed by atoms with van der Waals surface area (Å²) in [6.07, 6.45) is 0.349. The predicted molar refractivity (Wildman–Crippen MR) is 118 cm³/mol. The molecular weight excluding hydrogens is 430 g/mol. The molecule has 2 unspecified atom stereocenters. The van der Waals surface area contributed by atoms with E-state index in [-0.39, 0.29) is 29.5 Å². The number of hydrogen-bond donors (Lipinski definition) is 0. The van der Waals surface area contributed by atoms with Crippen LogP contribution < -0.4 is 9.64 Å². The molecule has 2 aromatic rings. The summed E-state index contributed by atoms with van der Waals surface area (Å²) < 4.78 is 4.97. The fraction of sp³-hybridized carbons (Fsp3) is 0.304. The van der Waals surface area contributed by atoms with Gasteiger partial charge in [0.1, 0.15) is 11.8 Å². The van der Waals surface area contributed by atoms with Gasteiger partial charge in [-0.2, -0.15) is 0 Å². The fourth-order valence-electron chi connectivity index (χ4n) is 3.65. The first-order valence-corrected chi connectivity index (χ1v) is 10.4. The average Bonchev–Trinajstić information content (AvgIpc) is 3.07. The van der Waals surface area contributed by atoms with Gasteiger partial charge in [-0.25, -0.2) is 4.90 Å². The third kappa shape index (κ3) is 4.89. The van der Waals surface area contributed by atoms with E-state index < -0.39 is 34.7 Å². The number of anilines is 1. The Kier molecular flexibility index (Phi) is 6.86. The second-order valence-corrected chi connectivity index (χ2v) is 7.65. The standard InChI is InChI=1S/C23H23N3O7/c1-4-14(2)24(22(29)16-5-7-18(8-6-16)26(31)32)20-13-21(28)25(23(20)30)17-9-11-19(12-10-17)33-15(3)27/h5-12,14,20H,4,13H2,1-3H3. The molecule has 0 aromatic heterocycles. The molecule has 0 spiro atoms. The highest BCUT2D eigenvalue weighted by molar-refractivity contribution is 6.23. The number of carbonyl (C=O) groups is 4. The largest absolute Gasteiger partial charge is 0.427 e. The molecule has 1 aliphatic rings. The van der Waals surface area contributed by atoms with Crippen LogP contribution in [0.25, 0.3) is 0 Å². The van der Waals surface area contributed by atoms with Crippen molar-refractivity contribution in [2.45, 2.75) is 45.7 Å². The highest BCUT2D eigenvalue weighted by atomic mass is 16.6. The summed E-state index contributed by atoms with van der Waals surface area (Å²) in [7, 11) is 0. The van der Waals surface area contributed by atoms with Crippen LogP contribution in [0.3, 0.4) is 0 Å². The van der Waals surface area contributed by atoms with Crippen LogP contribution in [0.5, 0.6) is 5.75 Å². The molecule has 172 valence electrons. The highest BCUT2D eigenvalue weighted by Crippen LogP contribution is 2.30. The lowest BCUT2D eigenvalue weighted by Gasteiger charge is -2.33. The maximum Gasteiger partial charge on any atom is 0.308 e. The number of hydrogen-bond acceptors (Lipinski definition) is 7. The van der Waals surface area contributed by atoms with Crippen molar-refractivity contribution in [3.05, 3.63) is 64.2 Å². The maximum atomic E-state index is 13.3. The molecule has 2 aromatic carbocycles. The lowest BCUT2D eigenvalue weighted by Crippen LogP contribution is -2.49. The SMILES string of the molecule is CCC(C)N(C(=O)c1ccc([N+](=O)[O-])cc1)C1CC(=O)N(c2ccc(OC(C)=O)cc2)C1=O. The van der Waals surface area contributed by atoms with E-state index in [2.05, 4.69) is 0 Å². The van der Waals surface area contributed by atoms with Gasteiger partial charge in [0.15, 0.2) is 0 Å². The normalized spacial score (nSPS) is 16.5. The summed E-state index contributed by atoms with van der Waals surface area (Å²) >= 11 is 0. The van der Waals surface area contributed by atoms with Crippen LogP contribution in [0.4, 0.5) is 11.4 Å². The summed E-state index contributed by atoms with van der Waals surface area (Å²) in [4.78, 5) is 63.1. The number of nitrogens with zero attached hydrogens (tertiary/aromatic N) is 3. The zero-order chi connectivity index (χ0) is 24.3. The number of carbonyl (C=O) groups excluding carboxylic acids is 4. The van der Waals surface area contributed by atoms with Crippen molar-refractivity contribution in [3.63, 3.8) is 0 Å². The van der Waals surface area contributed by atoms with Crippen LogP contribution in [0, 0.1) is 10.1 Å². The van der Waals surface area contributed by atoms with Gasteiger partial charge in [0.2, 0.25) is 5.91 Å². The first-order chi connectivity index (χ1) is 15.6. The molecule has 33 heavy (non-hydrogen) atoms. The van der Waals surface area contributed by atoms with Crippen LogP contribution in [-0.4, -0.2) is 45.6 Å². The highest BCUT2D eigenvalue weighted by Gasteiger charge is 2.45. The molecule has 10 heteroatoms. The number of non-ortho nitro benzene ring substituents is 1. The van der Waals surface area contributed by atoms with Gasteiger partial charge < -0.3 is 9.64 Å². The van der Waals surface area contributed by atoms with Gasteiger partial charge in [-0.05, 0) is 49.7 Å². The zero-order valence-corrected chi connectivity index (χ0v) is 18.4. The molecule has 1 aliphatic heterocycles. The van der Waals surface area contributed by atoms with Gasteiger partial charge in [0.25, 0.3) is 17.5 Å². The lowest BCUT2D eigenvalue weighted by atomic mass is 10.1. The van der Waals surface area contributed by atoms with E-state index in [9.17, 15) is 29.3 Å². The number of amides is 3. The van der Waals surface area contributed by atoms with E-state index >= 15 is 0 Å². The third-order valence-electron chi connectivity index (χ3n) is 5.44. The van der Waals surface area contributed by atoms with Crippen LogP contribution in [0.1, 0.15) is 44.0 Å². The average molecular weight is 453 g/mol. The van der Waals surface area contributed by atoms with Crippen LogP contribution in [-0.2, 0) is 14.4 Å². The van der Waals surface area contributed by atoms with Crippen molar-refractivity contribution in [2.75, 3.05) is 4.90 Å². The molecule has 0 saturated carbocycles.